The summed E-state index contributed by atoms with van der Waals surface area (Å²) in [6.45, 7) is 3.79. The van der Waals surface area contributed by atoms with Gasteiger partial charge in [-0.25, -0.2) is 0 Å². The fourth-order valence-electron chi connectivity index (χ4n) is 1.85. The van der Waals surface area contributed by atoms with Crippen molar-refractivity contribution >= 4 is 0 Å². The highest BCUT2D eigenvalue weighted by Gasteiger charge is 2.17. The third-order valence-corrected chi connectivity index (χ3v) is 2.38. The van der Waals surface area contributed by atoms with Crippen LogP contribution in [0.2, 0.25) is 0 Å². The van der Waals surface area contributed by atoms with Crippen molar-refractivity contribution in [1.82, 2.24) is 4.90 Å². The molecule has 0 amide bonds. The van der Waals surface area contributed by atoms with Crippen molar-refractivity contribution in [3.05, 3.63) is 23.8 Å². The number of fused-ring (bicyclic) bond motifs is 1. The van der Waals surface area contributed by atoms with Crippen LogP contribution in [-0.4, -0.2) is 29.7 Å². The van der Waals surface area contributed by atoms with E-state index < -0.39 is 0 Å². The van der Waals surface area contributed by atoms with E-state index in [9.17, 15) is 5.11 Å². The Morgan fingerprint density at radius 3 is 3.07 bits per heavy atom. The average molecular weight is 193 g/mol. The van der Waals surface area contributed by atoms with E-state index >= 15 is 0 Å². The Balaban J connectivity index is 2.36. The van der Waals surface area contributed by atoms with Gasteiger partial charge in [0, 0.05) is 18.7 Å². The summed E-state index contributed by atoms with van der Waals surface area (Å²) in [7, 11) is 2.05. The summed E-state index contributed by atoms with van der Waals surface area (Å²) in [5.74, 6) is 1.19. The fraction of sp³-hybridized carbons (Fsp3) is 0.455. The van der Waals surface area contributed by atoms with Crippen molar-refractivity contribution in [3.63, 3.8) is 0 Å². The number of nitrogens with zero attached hydrogens (tertiary/aromatic N) is 1. The Bertz CT molecular complexity index is 338. The summed E-state index contributed by atoms with van der Waals surface area (Å²) in [5.41, 5.74) is 1.05. The summed E-state index contributed by atoms with van der Waals surface area (Å²) in [5, 5.41) is 9.36. The molecule has 0 spiro atoms. The third-order valence-electron chi connectivity index (χ3n) is 2.38. The standard InChI is InChI=1S/C11H15NO2/c1-8-6-12(2)7-9-5-10(13)3-4-11(9)14-8/h3-5,8,13H,6-7H2,1-2H3. The maximum Gasteiger partial charge on any atom is 0.124 e. The highest BCUT2D eigenvalue weighted by molar-refractivity contribution is 5.40. The van der Waals surface area contributed by atoms with Gasteiger partial charge in [0.15, 0.2) is 0 Å². The molecular formula is C11H15NO2. The minimum atomic E-state index is 0.200. The van der Waals surface area contributed by atoms with Crippen LogP contribution in [0.25, 0.3) is 0 Å². The second-order valence-corrected chi connectivity index (χ2v) is 3.92. The SMILES string of the molecule is CC1CN(C)Cc2cc(O)ccc2O1. The molecule has 1 aromatic carbocycles. The molecule has 0 bridgehead atoms. The molecular weight excluding hydrogens is 178 g/mol. The van der Waals surface area contributed by atoms with Crippen molar-refractivity contribution in [2.45, 2.75) is 19.6 Å². The molecule has 3 nitrogen and oxygen atoms in total. The van der Waals surface area contributed by atoms with E-state index in [2.05, 4.69) is 18.9 Å². The topological polar surface area (TPSA) is 32.7 Å². The van der Waals surface area contributed by atoms with E-state index in [1.807, 2.05) is 6.07 Å². The molecule has 0 radical (unpaired) electrons. The van der Waals surface area contributed by atoms with Crippen molar-refractivity contribution in [2.75, 3.05) is 13.6 Å². The normalized spacial score (nSPS) is 22.3. The van der Waals surface area contributed by atoms with Gasteiger partial charge in [0.2, 0.25) is 0 Å². The van der Waals surface area contributed by atoms with Crippen LogP contribution in [0, 0.1) is 0 Å². The van der Waals surface area contributed by atoms with Crippen LogP contribution in [0.1, 0.15) is 12.5 Å². The summed E-state index contributed by atoms with van der Waals surface area (Å²) in [6, 6.07) is 5.26. The van der Waals surface area contributed by atoms with E-state index in [1.54, 1.807) is 12.1 Å². The molecule has 0 saturated heterocycles. The van der Waals surface area contributed by atoms with Gasteiger partial charge in [-0.15, -0.1) is 0 Å². The Labute approximate surface area is 83.9 Å². The molecule has 2 rings (SSSR count). The van der Waals surface area contributed by atoms with Gasteiger partial charge in [-0.2, -0.15) is 0 Å². The van der Waals surface area contributed by atoms with Crippen molar-refractivity contribution in [3.8, 4) is 11.5 Å². The number of ether oxygens (including phenoxy) is 1. The monoisotopic (exact) mass is 193 g/mol. The summed E-state index contributed by atoms with van der Waals surface area (Å²) < 4.78 is 5.73. The smallest absolute Gasteiger partial charge is 0.124 e. The van der Waals surface area contributed by atoms with Crippen LogP contribution < -0.4 is 4.74 Å². The predicted octanol–water partition coefficient (Wildman–Crippen LogP) is 1.60. The number of rotatable bonds is 0. The maximum absolute atomic E-state index is 9.36. The predicted molar refractivity (Wildman–Crippen MR) is 54.5 cm³/mol. The van der Waals surface area contributed by atoms with Crippen LogP contribution >= 0.6 is 0 Å². The van der Waals surface area contributed by atoms with Gasteiger partial charge in [0.1, 0.15) is 17.6 Å². The Morgan fingerprint density at radius 1 is 1.50 bits per heavy atom. The highest BCUT2D eigenvalue weighted by atomic mass is 16.5. The van der Waals surface area contributed by atoms with Crippen molar-refractivity contribution in [2.24, 2.45) is 0 Å². The zero-order chi connectivity index (χ0) is 10.1. The summed E-state index contributed by atoms with van der Waals surface area (Å²) >= 11 is 0. The van der Waals surface area contributed by atoms with E-state index in [4.69, 9.17) is 4.74 Å². The number of benzene rings is 1. The van der Waals surface area contributed by atoms with Crippen molar-refractivity contribution < 1.29 is 9.84 Å². The lowest BCUT2D eigenvalue weighted by Gasteiger charge is -2.15. The van der Waals surface area contributed by atoms with Crippen LogP contribution in [0.5, 0.6) is 11.5 Å². The summed E-state index contributed by atoms with van der Waals surface area (Å²) in [6.07, 6.45) is 0.200. The molecule has 1 aliphatic rings. The lowest BCUT2D eigenvalue weighted by atomic mass is 10.2. The molecule has 0 aliphatic carbocycles. The van der Waals surface area contributed by atoms with E-state index in [0.717, 1.165) is 24.4 Å². The number of phenols is 1. The molecule has 1 aliphatic heterocycles. The Kier molecular flexibility index (Phi) is 2.33. The molecule has 0 aromatic heterocycles. The zero-order valence-corrected chi connectivity index (χ0v) is 8.53. The minimum absolute atomic E-state index is 0.200. The molecule has 76 valence electrons. The van der Waals surface area contributed by atoms with Gasteiger partial charge in [-0.05, 0) is 32.2 Å². The first-order chi connectivity index (χ1) is 6.65. The fourth-order valence-corrected chi connectivity index (χ4v) is 1.85. The Morgan fingerprint density at radius 2 is 2.29 bits per heavy atom. The highest BCUT2D eigenvalue weighted by Crippen LogP contribution is 2.27. The lowest BCUT2D eigenvalue weighted by molar-refractivity contribution is 0.179. The quantitative estimate of drug-likeness (QED) is 0.679. The first-order valence-corrected chi connectivity index (χ1v) is 4.82. The van der Waals surface area contributed by atoms with Gasteiger partial charge < -0.3 is 9.84 Å². The zero-order valence-electron chi connectivity index (χ0n) is 8.53. The molecule has 1 atom stereocenters. The molecule has 14 heavy (non-hydrogen) atoms. The van der Waals surface area contributed by atoms with Gasteiger partial charge in [-0.3, -0.25) is 4.90 Å². The van der Waals surface area contributed by atoms with Crippen LogP contribution in [-0.2, 0) is 6.54 Å². The van der Waals surface area contributed by atoms with Gasteiger partial charge >= 0.3 is 0 Å². The number of phenolic OH excluding ortho intramolecular Hbond substituents is 1. The molecule has 3 heteroatoms. The van der Waals surface area contributed by atoms with E-state index in [-0.39, 0.29) is 6.10 Å². The minimum Gasteiger partial charge on any atom is -0.508 e. The van der Waals surface area contributed by atoms with Crippen molar-refractivity contribution in [1.29, 1.82) is 0 Å². The molecule has 1 unspecified atom stereocenters. The maximum atomic E-state index is 9.36. The van der Waals surface area contributed by atoms with Crippen LogP contribution in [0.15, 0.2) is 18.2 Å². The van der Waals surface area contributed by atoms with Crippen LogP contribution in [0.4, 0.5) is 0 Å². The second-order valence-electron chi connectivity index (χ2n) is 3.92. The van der Waals surface area contributed by atoms with Gasteiger partial charge in [0.05, 0.1) is 0 Å². The van der Waals surface area contributed by atoms with E-state index in [0.29, 0.717) is 5.75 Å². The number of hydrogen-bond acceptors (Lipinski definition) is 3. The molecule has 0 saturated carbocycles. The van der Waals surface area contributed by atoms with Gasteiger partial charge in [-0.1, -0.05) is 0 Å². The number of likely N-dealkylation sites (N-methyl/N-ethyl adjacent to an activating group) is 1. The summed E-state index contributed by atoms with van der Waals surface area (Å²) in [4.78, 5) is 2.19. The first-order valence-electron chi connectivity index (χ1n) is 4.82. The number of aromatic hydroxyl groups is 1. The molecule has 1 aromatic rings. The molecule has 1 heterocycles. The Hall–Kier alpha value is -1.22. The molecule has 0 fully saturated rings. The largest absolute Gasteiger partial charge is 0.508 e. The number of hydrogen-bond donors (Lipinski definition) is 1. The third kappa shape index (κ3) is 1.82. The second kappa shape index (κ2) is 3.50. The average Bonchev–Trinajstić information content (AvgIpc) is 2.21. The van der Waals surface area contributed by atoms with Crippen LogP contribution in [0.3, 0.4) is 0 Å². The van der Waals surface area contributed by atoms with E-state index in [1.165, 1.54) is 0 Å². The molecule has 1 N–H and O–H groups in total. The van der Waals surface area contributed by atoms with Gasteiger partial charge in [0.25, 0.3) is 0 Å². The first kappa shape index (κ1) is 9.34. The lowest BCUT2D eigenvalue weighted by Crippen LogP contribution is -2.27.